The zero-order valence-electron chi connectivity index (χ0n) is 17.2. The molecule has 7 nitrogen and oxygen atoms in total. The van der Waals surface area contributed by atoms with Gasteiger partial charge in [0.25, 0.3) is 0 Å². The Morgan fingerprint density at radius 3 is 2.31 bits per heavy atom. The van der Waals surface area contributed by atoms with Gasteiger partial charge in [-0.15, -0.1) is 0 Å². The predicted molar refractivity (Wildman–Crippen MR) is 112 cm³/mol. The summed E-state index contributed by atoms with van der Waals surface area (Å²) in [7, 11) is -0.463. The average molecular weight is 421 g/mol. The number of hydrogen-bond acceptors (Lipinski definition) is 5. The summed E-state index contributed by atoms with van der Waals surface area (Å²) in [5.41, 5.74) is 2.90. The van der Waals surface area contributed by atoms with Crippen LogP contribution in [0.5, 0.6) is 11.5 Å². The molecule has 158 valence electrons. The van der Waals surface area contributed by atoms with Crippen molar-refractivity contribution in [3.05, 3.63) is 53.1 Å². The molecule has 1 amide bonds. The van der Waals surface area contributed by atoms with E-state index in [0.717, 1.165) is 16.7 Å². The van der Waals surface area contributed by atoms with Crippen molar-refractivity contribution in [3.8, 4) is 11.5 Å². The van der Waals surface area contributed by atoms with Gasteiger partial charge in [0.15, 0.2) is 11.5 Å². The summed E-state index contributed by atoms with van der Waals surface area (Å²) in [6, 6.07) is 10.5. The van der Waals surface area contributed by atoms with Crippen LogP contribution in [-0.4, -0.2) is 41.6 Å². The van der Waals surface area contributed by atoms with Crippen LogP contribution in [-0.2, 0) is 21.2 Å². The van der Waals surface area contributed by atoms with Gasteiger partial charge in [-0.2, -0.15) is 0 Å². The van der Waals surface area contributed by atoms with Gasteiger partial charge in [0.1, 0.15) is 0 Å². The molecule has 8 heteroatoms. The van der Waals surface area contributed by atoms with Gasteiger partial charge < -0.3 is 14.8 Å². The van der Waals surface area contributed by atoms with Crippen molar-refractivity contribution < 1.29 is 22.7 Å². The lowest BCUT2D eigenvalue weighted by Crippen LogP contribution is -2.34. The summed E-state index contributed by atoms with van der Waals surface area (Å²) in [6.07, 6.45) is 0.833. The van der Waals surface area contributed by atoms with E-state index in [1.165, 1.54) is 0 Å². The molecule has 2 aromatic carbocycles. The van der Waals surface area contributed by atoms with E-state index in [9.17, 15) is 13.2 Å². The number of nitrogens with one attached hydrogen (secondary N) is 2. The Morgan fingerprint density at radius 1 is 0.931 bits per heavy atom. The molecule has 0 heterocycles. The van der Waals surface area contributed by atoms with E-state index in [-0.39, 0.29) is 23.9 Å². The van der Waals surface area contributed by atoms with Crippen LogP contribution in [0.3, 0.4) is 0 Å². The third-order valence-corrected chi connectivity index (χ3v) is 6.08. The number of ether oxygens (including phenoxy) is 2. The van der Waals surface area contributed by atoms with E-state index in [1.54, 1.807) is 38.5 Å². The molecule has 29 heavy (non-hydrogen) atoms. The SMILES string of the molecule is COc1ccc(CCC(=O)NCCNS(=O)(=O)c2ccc(C)c(C)c2)cc1OC. The minimum Gasteiger partial charge on any atom is -0.493 e. The zero-order valence-corrected chi connectivity index (χ0v) is 18.1. The minimum absolute atomic E-state index is 0.122. The van der Waals surface area contributed by atoms with E-state index in [2.05, 4.69) is 10.0 Å². The highest BCUT2D eigenvalue weighted by Gasteiger charge is 2.14. The number of methoxy groups -OCH3 is 2. The number of aryl methyl sites for hydroxylation is 3. The zero-order chi connectivity index (χ0) is 21.4. The molecule has 2 rings (SSSR count). The highest BCUT2D eigenvalue weighted by atomic mass is 32.2. The van der Waals surface area contributed by atoms with Gasteiger partial charge in [0.2, 0.25) is 15.9 Å². The number of sulfonamides is 1. The van der Waals surface area contributed by atoms with E-state index in [4.69, 9.17) is 9.47 Å². The number of rotatable bonds is 10. The van der Waals surface area contributed by atoms with Gasteiger partial charge in [0.05, 0.1) is 19.1 Å². The highest BCUT2D eigenvalue weighted by Crippen LogP contribution is 2.27. The molecule has 0 saturated heterocycles. The maximum atomic E-state index is 12.3. The van der Waals surface area contributed by atoms with Crippen molar-refractivity contribution in [2.75, 3.05) is 27.3 Å². The summed E-state index contributed by atoms with van der Waals surface area (Å²) in [6.45, 7) is 4.13. The summed E-state index contributed by atoms with van der Waals surface area (Å²) in [4.78, 5) is 12.2. The second-order valence-electron chi connectivity index (χ2n) is 6.68. The summed E-state index contributed by atoms with van der Waals surface area (Å²) < 4.78 is 37.6. The molecule has 0 aliphatic rings. The number of hydrogen-bond donors (Lipinski definition) is 2. The first-order chi connectivity index (χ1) is 13.8. The average Bonchev–Trinajstić information content (AvgIpc) is 2.71. The molecule has 0 spiro atoms. The molecule has 0 saturated carbocycles. The maximum Gasteiger partial charge on any atom is 0.240 e. The fraction of sp³-hybridized carbons (Fsp3) is 0.381. The number of carbonyl (C=O) groups is 1. The molecule has 0 bridgehead atoms. The van der Waals surface area contributed by atoms with Gasteiger partial charge in [0, 0.05) is 19.5 Å². The Bertz CT molecular complexity index is 958. The summed E-state index contributed by atoms with van der Waals surface area (Å²) >= 11 is 0. The van der Waals surface area contributed by atoms with Crippen LogP contribution in [0.25, 0.3) is 0 Å². The normalized spacial score (nSPS) is 11.2. The van der Waals surface area contributed by atoms with Crippen LogP contribution in [0.2, 0.25) is 0 Å². The highest BCUT2D eigenvalue weighted by molar-refractivity contribution is 7.89. The van der Waals surface area contributed by atoms with E-state index in [1.807, 2.05) is 26.0 Å². The Morgan fingerprint density at radius 2 is 1.66 bits per heavy atom. The van der Waals surface area contributed by atoms with E-state index >= 15 is 0 Å². The van der Waals surface area contributed by atoms with Crippen molar-refractivity contribution in [2.45, 2.75) is 31.6 Å². The third-order valence-electron chi connectivity index (χ3n) is 4.62. The van der Waals surface area contributed by atoms with Crippen molar-refractivity contribution in [3.63, 3.8) is 0 Å². The standard InChI is InChI=1S/C21H28N2O5S/c1-15-5-8-18(13-16(15)2)29(25,26)23-12-11-22-21(24)10-7-17-6-9-19(27-3)20(14-17)28-4/h5-6,8-9,13-14,23H,7,10-12H2,1-4H3,(H,22,24). The van der Waals surface area contributed by atoms with Crippen LogP contribution in [0, 0.1) is 13.8 Å². The molecule has 0 aromatic heterocycles. The first-order valence-corrected chi connectivity index (χ1v) is 10.8. The Hall–Kier alpha value is -2.58. The van der Waals surface area contributed by atoms with E-state index < -0.39 is 10.0 Å². The van der Waals surface area contributed by atoms with Crippen molar-refractivity contribution in [1.29, 1.82) is 0 Å². The monoisotopic (exact) mass is 420 g/mol. The molecular weight excluding hydrogens is 392 g/mol. The van der Waals surface area contributed by atoms with Crippen LogP contribution in [0.1, 0.15) is 23.1 Å². The number of benzene rings is 2. The maximum absolute atomic E-state index is 12.3. The van der Waals surface area contributed by atoms with Crippen molar-refractivity contribution >= 4 is 15.9 Å². The first-order valence-electron chi connectivity index (χ1n) is 9.31. The lowest BCUT2D eigenvalue weighted by molar-refractivity contribution is -0.121. The quantitative estimate of drug-likeness (QED) is 0.576. The lowest BCUT2D eigenvalue weighted by atomic mass is 10.1. The largest absolute Gasteiger partial charge is 0.493 e. The first kappa shape index (κ1) is 22.7. The molecule has 2 aromatic rings. The lowest BCUT2D eigenvalue weighted by Gasteiger charge is -2.11. The van der Waals surface area contributed by atoms with Crippen LogP contribution < -0.4 is 19.5 Å². The van der Waals surface area contributed by atoms with Crippen molar-refractivity contribution in [1.82, 2.24) is 10.0 Å². The molecule has 0 fully saturated rings. The molecule has 2 N–H and O–H groups in total. The molecule has 0 unspecified atom stereocenters. The topological polar surface area (TPSA) is 93.7 Å². The molecule has 0 aliphatic heterocycles. The van der Waals surface area contributed by atoms with E-state index in [0.29, 0.717) is 24.3 Å². The van der Waals surface area contributed by atoms with Crippen LogP contribution >= 0.6 is 0 Å². The smallest absolute Gasteiger partial charge is 0.240 e. The predicted octanol–water partition coefficient (Wildman–Crippen LogP) is 2.35. The van der Waals surface area contributed by atoms with Crippen molar-refractivity contribution in [2.24, 2.45) is 0 Å². The fourth-order valence-electron chi connectivity index (χ4n) is 2.73. The fourth-order valence-corrected chi connectivity index (χ4v) is 3.85. The summed E-state index contributed by atoms with van der Waals surface area (Å²) in [5.74, 6) is 1.10. The third kappa shape index (κ3) is 6.47. The second kappa shape index (κ2) is 10.3. The van der Waals surface area contributed by atoms with Crippen LogP contribution in [0.4, 0.5) is 0 Å². The molecule has 0 radical (unpaired) electrons. The van der Waals surface area contributed by atoms with Gasteiger partial charge in [-0.3, -0.25) is 4.79 Å². The molecule has 0 aliphatic carbocycles. The van der Waals surface area contributed by atoms with Gasteiger partial charge in [-0.05, 0) is 61.2 Å². The Labute approximate surface area is 172 Å². The minimum atomic E-state index is -3.59. The van der Waals surface area contributed by atoms with Gasteiger partial charge in [-0.25, -0.2) is 13.1 Å². The van der Waals surface area contributed by atoms with Crippen LogP contribution in [0.15, 0.2) is 41.3 Å². The van der Waals surface area contributed by atoms with Gasteiger partial charge >= 0.3 is 0 Å². The van der Waals surface area contributed by atoms with Gasteiger partial charge in [-0.1, -0.05) is 12.1 Å². The summed E-state index contributed by atoms with van der Waals surface area (Å²) in [5, 5.41) is 2.73. The molecular formula is C21H28N2O5S. The number of amides is 1. The number of carbonyl (C=O) groups excluding carboxylic acids is 1. The Kier molecular flexibility index (Phi) is 8.04. The molecule has 0 atom stereocenters. The Balaban J connectivity index is 1.77. The second-order valence-corrected chi connectivity index (χ2v) is 8.45.